The number of rotatable bonds is 0. The Morgan fingerprint density at radius 1 is 1.43 bits per heavy atom. The highest BCUT2D eigenvalue weighted by Crippen LogP contribution is 2.35. The first-order chi connectivity index (χ1) is 6.74. The smallest absolute Gasteiger partial charge is 0.124 e. The maximum Gasteiger partial charge on any atom is 0.124 e. The number of nitrogens with zero attached hydrogens (tertiary/aromatic N) is 2. The molecule has 1 aromatic rings. The Kier molecular flexibility index (Phi) is 1.90. The van der Waals surface area contributed by atoms with Crippen LogP contribution in [0, 0.1) is 11.3 Å². The topological polar surface area (TPSA) is 39.1 Å². The van der Waals surface area contributed by atoms with Crippen LogP contribution in [0.25, 0.3) is 0 Å². The summed E-state index contributed by atoms with van der Waals surface area (Å²) in [5.41, 5.74) is 2.86. The van der Waals surface area contributed by atoms with Crippen LogP contribution in [0.15, 0.2) is 35.7 Å². The Morgan fingerprint density at radius 2 is 2.14 bits per heavy atom. The Hall–Kier alpha value is -1.95. The van der Waals surface area contributed by atoms with E-state index < -0.39 is 0 Å². The van der Waals surface area contributed by atoms with Gasteiger partial charge < -0.3 is 10.2 Å². The predicted octanol–water partition coefficient (Wildman–Crippen LogP) is 2.30. The number of hydrogen-bond acceptors (Lipinski definition) is 3. The Morgan fingerprint density at radius 3 is 2.79 bits per heavy atom. The van der Waals surface area contributed by atoms with E-state index in [2.05, 4.69) is 11.4 Å². The zero-order valence-electron chi connectivity index (χ0n) is 8.20. The van der Waals surface area contributed by atoms with Gasteiger partial charge in [0.25, 0.3) is 0 Å². The van der Waals surface area contributed by atoms with Crippen molar-refractivity contribution in [2.75, 3.05) is 17.3 Å². The molecule has 0 saturated heterocycles. The van der Waals surface area contributed by atoms with Gasteiger partial charge in [0.2, 0.25) is 0 Å². The van der Waals surface area contributed by atoms with Crippen LogP contribution in [-0.2, 0) is 0 Å². The number of anilines is 2. The van der Waals surface area contributed by atoms with E-state index in [9.17, 15) is 0 Å². The molecule has 1 heterocycles. The van der Waals surface area contributed by atoms with E-state index in [1.54, 1.807) is 0 Å². The van der Waals surface area contributed by atoms with Crippen LogP contribution >= 0.6 is 0 Å². The van der Waals surface area contributed by atoms with Gasteiger partial charge in [-0.1, -0.05) is 12.1 Å². The summed E-state index contributed by atoms with van der Waals surface area (Å²) in [7, 11) is 1.95. The van der Waals surface area contributed by atoms with Crippen molar-refractivity contribution in [2.45, 2.75) is 6.92 Å². The second-order valence-electron chi connectivity index (χ2n) is 3.29. The Labute approximate surface area is 83.3 Å². The van der Waals surface area contributed by atoms with Crippen molar-refractivity contribution in [2.24, 2.45) is 0 Å². The van der Waals surface area contributed by atoms with Crippen molar-refractivity contribution in [3.05, 3.63) is 35.7 Å². The summed E-state index contributed by atoms with van der Waals surface area (Å²) < 4.78 is 0. The fourth-order valence-corrected chi connectivity index (χ4v) is 1.60. The molecule has 0 bridgehead atoms. The average Bonchev–Trinajstić information content (AvgIpc) is 2.56. The summed E-state index contributed by atoms with van der Waals surface area (Å²) in [5, 5.41) is 12.0. The average molecular weight is 185 g/mol. The van der Waals surface area contributed by atoms with Crippen molar-refractivity contribution >= 4 is 11.4 Å². The molecule has 2 rings (SSSR count). The zero-order chi connectivity index (χ0) is 10.1. The Balaban J connectivity index is 2.50. The standard InChI is InChI=1S/C11H11N3/c1-8(7-12)11-13-9-5-3-4-6-10(9)14(11)2/h3-6,13H,1-2H3. The number of hydrogen-bond donors (Lipinski definition) is 1. The van der Waals surface area contributed by atoms with Gasteiger partial charge in [-0.15, -0.1) is 0 Å². The molecule has 1 aromatic carbocycles. The number of nitrogens with one attached hydrogen (secondary N) is 1. The molecule has 1 aliphatic rings. The third kappa shape index (κ3) is 1.12. The summed E-state index contributed by atoms with van der Waals surface area (Å²) in [6.45, 7) is 1.81. The number of para-hydroxylation sites is 2. The summed E-state index contributed by atoms with van der Waals surface area (Å²) in [6, 6.07) is 10.1. The summed E-state index contributed by atoms with van der Waals surface area (Å²) >= 11 is 0. The molecule has 1 aliphatic heterocycles. The molecule has 0 saturated carbocycles. The van der Waals surface area contributed by atoms with E-state index in [1.807, 2.05) is 43.1 Å². The maximum absolute atomic E-state index is 8.82. The van der Waals surface area contributed by atoms with E-state index >= 15 is 0 Å². The SMILES string of the molecule is CC(C#N)=C1Nc2ccccc2N1C. The van der Waals surface area contributed by atoms with Crippen LogP contribution in [0.3, 0.4) is 0 Å². The predicted molar refractivity (Wildman–Crippen MR) is 56.8 cm³/mol. The molecule has 0 aromatic heterocycles. The lowest BCUT2D eigenvalue weighted by Crippen LogP contribution is -2.15. The first-order valence-corrected chi connectivity index (χ1v) is 4.45. The molecule has 0 unspecified atom stereocenters. The van der Waals surface area contributed by atoms with Crippen molar-refractivity contribution in [1.29, 1.82) is 5.26 Å². The Bertz CT molecular complexity index is 440. The molecule has 0 spiro atoms. The fourth-order valence-electron chi connectivity index (χ4n) is 1.60. The highest BCUT2D eigenvalue weighted by atomic mass is 15.3. The van der Waals surface area contributed by atoms with E-state index in [0.29, 0.717) is 5.57 Å². The first-order valence-electron chi connectivity index (χ1n) is 4.45. The van der Waals surface area contributed by atoms with E-state index in [1.165, 1.54) is 0 Å². The third-order valence-electron chi connectivity index (χ3n) is 2.38. The van der Waals surface area contributed by atoms with Crippen LogP contribution < -0.4 is 10.2 Å². The van der Waals surface area contributed by atoms with Crippen molar-refractivity contribution < 1.29 is 0 Å². The minimum atomic E-state index is 0.698. The van der Waals surface area contributed by atoms with E-state index in [-0.39, 0.29) is 0 Å². The molecule has 0 radical (unpaired) electrons. The number of allylic oxidation sites excluding steroid dienone is 1. The van der Waals surface area contributed by atoms with Gasteiger partial charge in [-0.25, -0.2) is 0 Å². The van der Waals surface area contributed by atoms with Crippen LogP contribution in [0.5, 0.6) is 0 Å². The lowest BCUT2D eigenvalue weighted by molar-refractivity contribution is 1.13. The molecular weight excluding hydrogens is 174 g/mol. The number of fused-ring (bicyclic) bond motifs is 1. The van der Waals surface area contributed by atoms with Gasteiger partial charge in [0.15, 0.2) is 0 Å². The molecule has 1 N–H and O–H groups in total. The van der Waals surface area contributed by atoms with Crippen LogP contribution in [0.1, 0.15) is 6.92 Å². The van der Waals surface area contributed by atoms with Crippen molar-refractivity contribution in [3.63, 3.8) is 0 Å². The van der Waals surface area contributed by atoms with Crippen molar-refractivity contribution in [1.82, 2.24) is 0 Å². The number of benzene rings is 1. The summed E-state index contributed by atoms with van der Waals surface area (Å²) in [4.78, 5) is 1.99. The summed E-state index contributed by atoms with van der Waals surface area (Å²) in [6.07, 6.45) is 0. The minimum Gasteiger partial charge on any atom is -0.339 e. The van der Waals surface area contributed by atoms with Gasteiger partial charge in [-0.05, 0) is 19.1 Å². The van der Waals surface area contributed by atoms with Crippen LogP contribution in [-0.4, -0.2) is 7.05 Å². The lowest BCUT2D eigenvalue weighted by Gasteiger charge is -2.13. The minimum absolute atomic E-state index is 0.698. The van der Waals surface area contributed by atoms with Gasteiger partial charge in [0, 0.05) is 7.05 Å². The highest BCUT2D eigenvalue weighted by Gasteiger charge is 2.21. The second-order valence-corrected chi connectivity index (χ2v) is 3.29. The van der Waals surface area contributed by atoms with Gasteiger partial charge in [0.1, 0.15) is 5.82 Å². The van der Waals surface area contributed by atoms with Crippen LogP contribution in [0.4, 0.5) is 11.4 Å². The largest absolute Gasteiger partial charge is 0.339 e. The number of nitriles is 1. The fraction of sp³-hybridized carbons (Fsp3) is 0.182. The molecule has 3 heteroatoms. The molecular formula is C11H11N3. The zero-order valence-corrected chi connectivity index (χ0v) is 8.20. The van der Waals surface area contributed by atoms with Gasteiger partial charge in [0.05, 0.1) is 23.0 Å². The third-order valence-corrected chi connectivity index (χ3v) is 2.38. The van der Waals surface area contributed by atoms with E-state index in [0.717, 1.165) is 17.2 Å². The van der Waals surface area contributed by atoms with Crippen molar-refractivity contribution in [3.8, 4) is 6.07 Å². The quantitative estimate of drug-likeness (QED) is 0.630. The molecule has 0 amide bonds. The van der Waals surface area contributed by atoms with Gasteiger partial charge in [-0.2, -0.15) is 5.26 Å². The second kappa shape index (κ2) is 3.08. The molecule has 14 heavy (non-hydrogen) atoms. The molecule has 0 aliphatic carbocycles. The normalized spacial score (nSPS) is 17.1. The first kappa shape index (κ1) is 8.64. The summed E-state index contributed by atoms with van der Waals surface area (Å²) in [5.74, 6) is 0.869. The highest BCUT2D eigenvalue weighted by molar-refractivity contribution is 5.81. The maximum atomic E-state index is 8.82. The van der Waals surface area contributed by atoms with Crippen LogP contribution in [0.2, 0.25) is 0 Å². The monoisotopic (exact) mass is 185 g/mol. The molecule has 0 atom stereocenters. The van der Waals surface area contributed by atoms with Gasteiger partial charge in [-0.3, -0.25) is 0 Å². The lowest BCUT2D eigenvalue weighted by atomic mass is 10.3. The molecule has 0 fully saturated rings. The molecule has 3 nitrogen and oxygen atoms in total. The van der Waals surface area contributed by atoms with Gasteiger partial charge >= 0.3 is 0 Å². The molecule has 70 valence electrons. The van der Waals surface area contributed by atoms with E-state index in [4.69, 9.17) is 5.26 Å².